The maximum Gasteiger partial charge on any atom is 0.241 e. The molecule has 0 fully saturated rings. The minimum Gasteiger partial charge on any atom is -0.494 e. The van der Waals surface area contributed by atoms with Crippen molar-refractivity contribution < 1.29 is 18.3 Å². The molecular formula is C18H19ClF2N2O2. The summed E-state index contributed by atoms with van der Waals surface area (Å²) >= 11 is 5.91. The van der Waals surface area contributed by atoms with Crippen LogP contribution in [0.25, 0.3) is 0 Å². The van der Waals surface area contributed by atoms with Gasteiger partial charge < -0.3 is 10.1 Å². The van der Waals surface area contributed by atoms with Gasteiger partial charge in [-0.05, 0) is 49.9 Å². The molecule has 4 nitrogen and oxygen atoms in total. The number of hydrogen-bond acceptors (Lipinski definition) is 3. The molecule has 0 heterocycles. The minimum atomic E-state index is -0.508. The Morgan fingerprint density at radius 2 is 2.00 bits per heavy atom. The summed E-state index contributed by atoms with van der Waals surface area (Å²) in [5, 5.41) is 2.79. The van der Waals surface area contributed by atoms with Crippen molar-refractivity contribution in [3.05, 3.63) is 58.6 Å². The number of amides is 1. The lowest BCUT2D eigenvalue weighted by atomic mass is 10.1. The summed E-state index contributed by atoms with van der Waals surface area (Å²) < 4.78 is 31.7. The van der Waals surface area contributed by atoms with Crippen LogP contribution in [0.4, 0.5) is 14.5 Å². The second kappa shape index (κ2) is 8.27. The van der Waals surface area contributed by atoms with Gasteiger partial charge in [-0.3, -0.25) is 9.69 Å². The number of methoxy groups -OCH3 is 1. The fourth-order valence-electron chi connectivity index (χ4n) is 2.26. The van der Waals surface area contributed by atoms with E-state index >= 15 is 0 Å². The number of ether oxygens (including phenoxy) is 1. The number of anilines is 1. The molecule has 2 aromatic rings. The molecule has 0 aliphatic heterocycles. The van der Waals surface area contributed by atoms with Crippen LogP contribution >= 0.6 is 11.6 Å². The summed E-state index contributed by atoms with van der Waals surface area (Å²) in [6.07, 6.45) is 0. The molecule has 134 valence electrons. The highest BCUT2D eigenvalue weighted by atomic mass is 35.5. The molecule has 1 N–H and O–H groups in total. The second-order valence-corrected chi connectivity index (χ2v) is 6.08. The van der Waals surface area contributed by atoms with E-state index in [-0.39, 0.29) is 16.7 Å². The van der Waals surface area contributed by atoms with Gasteiger partial charge in [-0.2, -0.15) is 0 Å². The van der Waals surface area contributed by atoms with Crippen LogP contribution in [-0.2, 0) is 11.3 Å². The van der Waals surface area contributed by atoms with Gasteiger partial charge >= 0.3 is 0 Å². The van der Waals surface area contributed by atoms with Crippen molar-refractivity contribution in [2.24, 2.45) is 0 Å². The van der Waals surface area contributed by atoms with Crippen molar-refractivity contribution >= 4 is 23.2 Å². The first-order valence-electron chi connectivity index (χ1n) is 7.60. The summed E-state index contributed by atoms with van der Waals surface area (Å²) in [6, 6.07) is 7.90. The van der Waals surface area contributed by atoms with Crippen molar-refractivity contribution in [2.45, 2.75) is 19.5 Å². The highest BCUT2D eigenvalue weighted by Crippen LogP contribution is 2.23. The van der Waals surface area contributed by atoms with Gasteiger partial charge in [-0.25, -0.2) is 8.78 Å². The van der Waals surface area contributed by atoms with Gasteiger partial charge in [0, 0.05) is 6.54 Å². The Morgan fingerprint density at radius 1 is 1.28 bits per heavy atom. The van der Waals surface area contributed by atoms with Crippen LogP contribution in [0, 0.1) is 11.6 Å². The number of benzene rings is 2. The lowest BCUT2D eigenvalue weighted by Crippen LogP contribution is -2.39. The zero-order valence-corrected chi connectivity index (χ0v) is 14.9. The Labute approximate surface area is 150 Å². The van der Waals surface area contributed by atoms with Crippen LogP contribution in [0.15, 0.2) is 36.4 Å². The molecule has 1 atom stereocenters. The van der Waals surface area contributed by atoms with E-state index in [4.69, 9.17) is 16.3 Å². The molecule has 7 heteroatoms. The van der Waals surface area contributed by atoms with Gasteiger partial charge in [-0.1, -0.05) is 17.7 Å². The average molecular weight is 369 g/mol. The number of hydrogen-bond donors (Lipinski definition) is 1. The standard InChI is InChI=1S/C18H19ClF2N2O2/c1-11(18(24)22-16-6-5-13(20)9-14(16)19)23(2)10-12-4-7-17(25-3)15(21)8-12/h4-9,11H,10H2,1-3H3,(H,22,24). The number of likely N-dealkylation sites (N-methyl/N-ethyl adjacent to an activating group) is 1. The largest absolute Gasteiger partial charge is 0.494 e. The maximum atomic E-state index is 13.8. The summed E-state index contributed by atoms with van der Waals surface area (Å²) in [5.74, 6) is -1.06. The molecule has 2 aromatic carbocycles. The Hall–Kier alpha value is -2.18. The third-order valence-corrected chi connectivity index (χ3v) is 4.19. The Kier molecular flexibility index (Phi) is 6.33. The summed E-state index contributed by atoms with van der Waals surface area (Å²) in [5.41, 5.74) is 1.05. The Bertz CT molecular complexity index is 771. The van der Waals surface area contributed by atoms with Crippen LogP contribution in [-0.4, -0.2) is 31.0 Å². The van der Waals surface area contributed by atoms with E-state index in [0.29, 0.717) is 17.8 Å². The second-order valence-electron chi connectivity index (χ2n) is 5.67. The Balaban J connectivity index is 2.02. The highest BCUT2D eigenvalue weighted by molar-refractivity contribution is 6.33. The lowest BCUT2D eigenvalue weighted by Gasteiger charge is -2.24. The molecule has 0 saturated heterocycles. The first kappa shape index (κ1) is 19.1. The number of nitrogens with one attached hydrogen (secondary N) is 1. The molecule has 0 bridgehead atoms. The van der Waals surface area contributed by atoms with Crippen molar-refractivity contribution in [2.75, 3.05) is 19.5 Å². The molecule has 0 saturated carbocycles. The van der Waals surface area contributed by atoms with Crippen LogP contribution in [0.2, 0.25) is 5.02 Å². The molecule has 0 spiro atoms. The highest BCUT2D eigenvalue weighted by Gasteiger charge is 2.19. The van der Waals surface area contributed by atoms with E-state index in [1.807, 2.05) is 0 Å². The minimum absolute atomic E-state index is 0.125. The fraction of sp³-hybridized carbons (Fsp3) is 0.278. The van der Waals surface area contributed by atoms with E-state index < -0.39 is 17.7 Å². The van der Waals surface area contributed by atoms with Crippen LogP contribution in [0.1, 0.15) is 12.5 Å². The van der Waals surface area contributed by atoms with Crippen LogP contribution < -0.4 is 10.1 Å². The topological polar surface area (TPSA) is 41.6 Å². The molecule has 2 rings (SSSR count). The maximum absolute atomic E-state index is 13.8. The first-order chi connectivity index (χ1) is 11.8. The zero-order valence-electron chi connectivity index (χ0n) is 14.1. The van der Waals surface area contributed by atoms with E-state index in [9.17, 15) is 13.6 Å². The Morgan fingerprint density at radius 3 is 2.60 bits per heavy atom. The van der Waals surface area contributed by atoms with Gasteiger partial charge in [0.15, 0.2) is 11.6 Å². The van der Waals surface area contributed by atoms with Gasteiger partial charge in [0.25, 0.3) is 0 Å². The van der Waals surface area contributed by atoms with E-state index in [1.165, 1.54) is 25.3 Å². The predicted octanol–water partition coefficient (Wildman–Crippen LogP) is 4.09. The molecule has 1 amide bonds. The SMILES string of the molecule is COc1ccc(CN(C)C(C)C(=O)Nc2ccc(F)cc2Cl)cc1F. The van der Waals surface area contributed by atoms with Gasteiger partial charge in [-0.15, -0.1) is 0 Å². The van der Waals surface area contributed by atoms with E-state index in [0.717, 1.165) is 6.07 Å². The van der Waals surface area contributed by atoms with E-state index in [1.54, 1.807) is 31.0 Å². The number of rotatable bonds is 6. The monoisotopic (exact) mass is 368 g/mol. The molecule has 25 heavy (non-hydrogen) atoms. The van der Waals surface area contributed by atoms with Crippen LogP contribution in [0.3, 0.4) is 0 Å². The number of nitrogens with zero attached hydrogens (tertiary/aromatic N) is 1. The third kappa shape index (κ3) is 4.90. The van der Waals surface area contributed by atoms with Crippen LogP contribution in [0.5, 0.6) is 5.75 Å². The number of carbonyl (C=O) groups excluding carboxylic acids is 1. The zero-order chi connectivity index (χ0) is 18.6. The fourth-order valence-corrected chi connectivity index (χ4v) is 2.48. The molecule has 0 aliphatic rings. The molecule has 0 aromatic heterocycles. The molecule has 0 aliphatic carbocycles. The van der Waals surface area contributed by atoms with Crippen molar-refractivity contribution in [1.29, 1.82) is 0 Å². The smallest absolute Gasteiger partial charge is 0.241 e. The molecule has 0 radical (unpaired) electrons. The number of carbonyl (C=O) groups is 1. The van der Waals surface area contributed by atoms with Crippen molar-refractivity contribution in [3.8, 4) is 5.75 Å². The lowest BCUT2D eigenvalue weighted by molar-refractivity contribution is -0.120. The molecule has 1 unspecified atom stereocenters. The van der Waals surface area contributed by atoms with Crippen molar-refractivity contribution in [1.82, 2.24) is 4.90 Å². The summed E-state index contributed by atoms with van der Waals surface area (Å²) in [6.45, 7) is 2.08. The van der Waals surface area contributed by atoms with Gasteiger partial charge in [0.05, 0.1) is 23.9 Å². The molecular weight excluding hydrogens is 350 g/mol. The number of halogens is 3. The van der Waals surface area contributed by atoms with Gasteiger partial charge in [0.1, 0.15) is 5.82 Å². The van der Waals surface area contributed by atoms with Gasteiger partial charge in [0.2, 0.25) is 5.91 Å². The normalized spacial score (nSPS) is 12.1. The quantitative estimate of drug-likeness (QED) is 0.835. The van der Waals surface area contributed by atoms with Crippen molar-refractivity contribution in [3.63, 3.8) is 0 Å². The predicted molar refractivity (Wildman–Crippen MR) is 93.9 cm³/mol. The third-order valence-electron chi connectivity index (χ3n) is 3.88. The first-order valence-corrected chi connectivity index (χ1v) is 7.98. The summed E-state index contributed by atoms with van der Waals surface area (Å²) in [4.78, 5) is 14.1. The average Bonchev–Trinajstić information content (AvgIpc) is 2.56. The van der Waals surface area contributed by atoms with E-state index in [2.05, 4.69) is 5.32 Å². The summed E-state index contributed by atoms with van der Waals surface area (Å²) in [7, 11) is 3.15.